The van der Waals surface area contributed by atoms with Crippen LogP contribution in [0, 0.1) is 0 Å². The monoisotopic (exact) mass is 263 g/mol. The first-order valence-electron chi connectivity index (χ1n) is 4.46. The minimum absolute atomic E-state index is 0.263. The summed E-state index contributed by atoms with van der Waals surface area (Å²) in [7, 11) is 0. The fraction of sp³-hybridized carbons (Fsp3) is 0.273. The molecule has 82 valence electrons. The van der Waals surface area contributed by atoms with E-state index in [1.165, 1.54) is 0 Å². The van der Waals surface area contributed by atoms with Crippen LogP contribution in [0.4, 0.5) is 0 Å². The third-order valence-corrected chi connectivity index (χ3v) is 3.17. The van der Waals surface area contributed by atoms with Crippen LogP contribution >= 0.6 is 34.8 Å². The zero-order chi connectivity index (χ0) is 11.6. The molecule has 0 aliphatic carbocycles. The van der Waals surface area contributed by atoms with Crippen molar-refractivity contribution in [1.29, 1.82) is 0 Å². The molecule has 0 unspecified atom stereocenters. The fourth-order valence-electron chi connectivity index (χ4n) is 1.36. The van der Waals surface area contributed by atoms with E-state index in [0.29, 0.717) is 27.1 Å². The van der Waals surface area contributed by atoms with Crippen molar-refractivity contribution >= 4 is 34.8 Å². The molecule has 4 heteroatoms. The van der Waals surface area contributed by atoms with Gasteiger partial charge < -0.3 is 5.73 Å². The van der Waals surface area contributed by atoms with Crippen LogP contribution in [0.3, 0.4) is 0 Å². The van der Waals surface area contributed by atoms with Gasteiger partial charge in [0.2, 0.25) is 0 Å². The first-order chi connectivity index (χ1) is 6.93. The minimum atomic E-state index is -0.263. The smallest absolute Gasteiger partial charge is 0.0655 e. The largest absolute Gasteiger partial charge is 0.324 e. The quantitative estimate of drug-likeness (QED) is 0.626. The zero-order valence-electron chi connectivity index (χ0n) is 8.36. The van der Waals surface area contributed by atoms with Crippen LogP contribution in [0.5, 0.6) is 0 Å². The first kappa shape index (κ1) is 12.9. The van der Waals surface area contributed by atoms with Crippen LogP contribution in [0.2, 0.25) is 15.1 Å². The summed E-state index contributed by atoms with van der Waals surface area (Å²) in [5.74, 6) is 0. The average Bonchev–Trinajstić information content (AvgIpc) is 2.11. The molecule has 1 nitrogen and oxygen atoms in total. The third kappa shape index (κ3) is 3.12. The van der Waals surface area contributed by atoms with Crippen molar-refractivity contribution in [2.24, 2.45) is 5.73 Å². The molecule has 0 saturated carbocycles. The van der Waals surface area contributed by atoms with E-state index in [2.05, 4.69) is 6.58 Å². The van der Waals surface area contributed by atoms with Crippen molar-refractivity contribution in [3.8, 4) is 0 Å². The molecule has 1 atom stereocenters. The van der Waals surface area contributed by atoms with Crippen molar-refractivity contribution in [2.75, 3.05) is 0 Å². The van der Waals surface area contributed by atoms with E-state index in [9.17, 15) is 0 Å². The Labute approximate surface area is 105 Å². The summed E-state index contributed by atoms with van der Waals surface area (Å²) < 4.78 is 0. The van der Waals surface area contributed by atoms with Gasteiger partial charge in [0.1, 0.15) is 0 Å². The SMILES string of the molecule is C=C(C)C[C@@H](N)c1c(Cl)ccc(Cl)c1Cl. The van der Waals surface area contributed by atoms with E-state index in [1.807, 2.05) is 6.92 Å². The van der Waals surface area contributed by atoms with Crippen LogP contribution in [-0.2, 0) is 0 Å². The molecule has 1 rings (SSSR count). The maximum atomic E-state index is 6.05. The number of rotatable bonds is 3. The minimum Gasteiger partial charge on any atom is -0.324 e. The van der Waals surface area contributed by atoms with Gasteiger partial charge in [-0.3, -0.25) is 0 Å². The summed E-state index contributed by atoms with van der Waals surface area (Å²) in [5, 5.41) is 1.43. The lowest BCUT2D eigenvalue weighted by atomic mass is 10.0. The standard InChI is InChI=1S/C11H12Cl3N/c1-6(2)5-9(15)10-7(12)3-4-8(13)11(10)14/h3-4,9H,1,5,15H2,2H3/t9-/m1/s1. The Balaban J connectivity index is 3.12. The van der Waals surface area contributed by atoms with Crippen molar-refractivity contribution in [1.82, 2.24) is 0 Å². The number of hydrogen-bond acceptors (Lipinski definition) is 1. The molecule has 1 aromatic carbocycles. The molecule has 0 aliphatic heterocycles. The Bertz CT molecular complexity index is 388. The van der Waals surface area contributed by atoms with Gasteiger partial charge in [0, 0.05) is 16.6 Å². The molecular weight excluding hydrogens is 252 g/mol. The lowest BCUT2D eigenvalue weighted by Crippen LogP contribution is -2.11. The summed E-state index contributed by atoms with van der Waals surface area (Å²) in [4.78, 5) is 0. The molecule has 2 N–H and O–H groups in total. The van der Waals surface area contributed by atoms with Crippen LogP contribution in [0.15, 0.2) is 24.3 Å². The fourth-order valence-corrected chi connectivity index (χ4v) is 2.18. The highest BCUT2D eigenvalue weighted by Crippen LogP contribution is 2.36. The van der Waals surface area contributed by atoms with E-state index in [1.54, 1.807) is 12.1 Å². The molecule has 1 aromatic rings. The van der Waals surface area contributed by atoms with Crippen LogP contribution < -0.4 is 5.73 Å². The van der Waals surface area contributed by atoms with Gasteiger partial charge >= 0.3 is 0 Å². The molecule has 15 heavy (non-hydrogen) atoms. The van der Waals surface area contributed by atoms with Gasteiger partial charge in [-0.1, -0.05) is 40.4 Å². The Morgan fingerprint density at radius 1 is 1.33 bits per heavy atom. The predicted octanol–water partition coefficient (Wildman–Crippen LogP) is 4.61. The summed E-state index contributed by atoms with van der Waals surface area (Å²) >= 11 is 18.0. The summed E-state index contributed by atoms with van der Waals surface area (Å²) in [5.41, 5.74) is 7.65. The second-order valence-electron chi connectivity index (χ2n) is 3.52. The molecular formula is C11H12Cl3N. The molecule has 0 amide bonds. The molecule has 0 aliphatic rings. The zero-order valence-corrected chi connectivity index (χ0v) is 10.6. The highest BCUT2D eigenvalue weighted by molar-refractivity contribution is 6.44. The summed E-state index contributed by atoms with van der Waals surface area (Å²) in [6, 6.07) is 3.09. The van der Waals surface area contributed by atoms with Crippen molar-refractivity contribution in [2.45, 2.75) is 19.4 Å². The van der Waals surface area contributed by atoms with E-state index < -0.39 is 0 Å². The second kappa shape index (κ2) is 5.22. The van der Waals surface area contributed by atoms with Crippen molar-refractivity contribution in [3.63, 3.8) is 0 Å². The Morgan fingerprint density at radius 3 is 2.40 bits per heavy atom. The number of hydrogen-bond donors (Lipinski definition) is 1. The van der Waals surface area contributed by atoms with Crippen LogP contribution in [0.1, 0.15) is 24.9 Å². The lowest BCUT2D eigenvalue weighted by Gasteiger charge is -2.16. The maximum Gasteiger partial charge on any atom is 0.0655 e. The topological polar surface area (TPSA) is 26.0 Å². The maximum absolute atomic E-state index is 6.05. The third-order valence-electron chi connectivity index (χ3n) is 2.02. The molecule has 0 radical (unpaired) electrons. The van der Waals surface area contributed by atoms with Crippen LogP contribution in [0.25, 0.3) is 0 Å². The van der Waals surface area contributed by atoms with E-state index in [4.69, 9.17) is 40.5 Å². The second-order valence-corrected chi connectivity index (χ2v) is 4.72. The number of nitrogens with two attached hydrogens (primary N) is 1. The van der Waals surface area contributed by atoms with E-state index in [0.717, 1.165) is 5.57 Å². The molecule has 0 spiro atoms. The molecule has 0 bridgehead atoms. The molecule has 0 aromatic heterocycles. The summed E-state index contributed by atoms with van der Waals surface area (Å²) in [6.07, 6.45) is 0.639. The first-order valence-corrected chi connectivity index (χ1v) is 5.60. The predicted molar refractivity (Wildman–Crippen MR) is 67.8 cm³/mol. The Kier molecular flexibility index (Phi) is 4.47. The van der Waals surface area contributed by atoms with Gasteiger partial charge in [0.15, 0.2) is 0 Å². The lowest BCUT2D eigenvalue weighted by molar-refractivity contribution is 0.718. The van der Waals surface area contributed by atoms with Gasteiger partial charge in [-0.25, -0.2) is 0 Å². The Hall–Kier alpha value is -0.210. The average molecular weight is 265 g/mol. The van der Waals surface area contributed by atoms with Crippen LogP contribution in [-0.4, -0.2) is 0 Å². The van der Waals surface area contributed by atoms with E-state index >= 15 is 0 Å². The van der Waals surface area contributed by atoms with Gasteiger partial charge in [0.25, 0.3) is 0 Å². The summed E-state index contributed by atoms with van der Waals surface area (Å²) in [6.45, 7) is 5.71. The molecule has 0 heterocycles. The highest BCUT2D eigenvalue weighted by atomic mass is 35.5. The van der Waals surface area contributed by atoms with E-state index in [-0.39, 0.29) is 6.04 Å². The Morgan fingerprint density at radius 2 is 1.87 bits per heavy atom. The van der Waals surface area contributed by atoms with Crippen molar-refractivity contribution < 1.29 is 0 Å². The number of benzene rings is 1. The number of halogens is 3. The molecule has 0 saturated heterocycles. The highest BCUT2D eigenvalue weighted by Gasteiger charge is 2.16. The normalized spacial score (nSPS) is 12.6. The van der Waals surface area contributed by atoms with Crippen molar-refractivity contribution in [3.05, 3.63) is 44.9 Å². The van der Waals surface area contributed by atoms with Gasteiger partial charge in [-0.2, -0.15) is 0 Å². The van der Waals surface area contributed by atoms with Gasteiger partial charge in [0.05, 0.1) is 10.0 Å². The van der Waals surface area contributed by atoms with Gasteiger partial charge in [-0.05, 0) is 25.5 Å². The molecule has 0 fully saturated rings. The van der Waals surface area contributed by atoms with Gasteiger partial charge in [-0.15, -0.1) is 6.58 Å².